The lowest BCUT2D eigenvalue weighted by atomic mass is 10.0. The molecular weight excluding hydrogens is 278 g/mol. The van der Waals surface area contributed by atoms with E-state index in [4.69, 9.17) is 4.98 Å². The largest absolute Gasteiger partial charge is 0.307 e. The van der Waals surface area contributed by atoms with Gasteiger partial charge in [-0.05, 0) is 50.4 Å². The molecule has 5 heteroatoms. The van der Waals surface area contributed by atoms with Crippen molar-refractivity contribution in [2.24, 2.45) is 0 Å². The van der Waals surface area contributed by atoms with E-state index in [2.05, 4.69) is 5.32 Å². The van der Waals surface area contributed by atoms with Gasteiger partial charge >= 0.3 is 0 Å². The Morgan fingerprint density at radius 1 is 1.20 bits per heavy atom. The molecule has 1 heterocycles. The molecule has 0 spiro atoms. The average Bonchev–Trinajstić information content (AvgIpc) is 2.87. The van der Waals surface area contributed by atoms with Gasteiger partial charge in [-0.15, -0.1) is 11.3 Å². The zero-order valence-electron chi connectivity index (χ0n) is 11.2. The third kappa shape index (κ3) is 2.47. The van der Waals surface area contributed by atoms with E-state index < -0.39 is 11.6 Å². The zero-order chi connectivity index (χ0) is 14.1. The van der Waals surface area contributed by atoms with E-state index in [1.54, 1.807) is 17.4 Å². The summed E-state index contributed by atoms with van der Waals surface area (Å²) in [7, 11) is 1.81. The van der Waals surface area contributed by atoms with Crippen LogP contribution < -0.4 is 5.32 Å². The first-order valence-corrected chi connectivity index (χ1v) is 7.61. The van der Waals surface area contributed by atoms with Crippen molar-refractivity contribution in [3.8, 4) is 0 Å². The van der Waals surface area contributed by atoms with Gasteiger partial charge in [0.05, 0.1) is 11.7 Å². The van der Waals surface area contributed by atoms with Crippen LogP contribution >= 0.6 is 11.3 Å². The topological polar surface area (TPSA) is 24.9 Å². The lowest BCUT2D eigenvalue weighted by Crippen LogP contribution is -2.18. The van der Waals surface area contributed by atoms with E-state index in [-0.39, 0.29) is 6.04 Å². The molecule has 0 amide bonds. The Bertz CT molecular complexity index is 601. The second kappa shape index (κ2) is 5.58. The molecule has 1 unspecified atom stereocenters. The second-order valence-corrected chi connectivity index (χ2v) is 6.14. The lowest BCUT2D eigenvalue weighted by Gasteiger charge is -2.14. The molecule has 0 aliphatic heterocycles. The molecule has 1 N–H and O–H groups in total. The summed E-state index contributed by atoms with van der Waals surface area (Å²) in [6, 6.07) is 3.85. The molecule has 1 aliphatic carbocycles. The van der Waals surface area contributed by atoms with E-state index in [1.165, 1.54) is 35.5 Å². The fourth-order valence-corrected chi connectivity index (χ4v) is 3.91. The molecule has 0 saturated carbocycles. The van der Waals surface area contributed by atoms with Gasteiger partial charge in [-0.1, -0.05) is 6.07 Å². The zero-order valence-corrected chi connectivity index (χ0v) is 12.1. The number of benzene rings is 1. The molecule has 1 atom stereocenters. The van der Waals surface area contributed by atoms with Gasteiger partial charge in [0.25, 0.3) is 0 Å². The van der Waals surface area contributed by atoms with Crippen LogP contribution in [0.15, 0.2) is 18.2 Å². The van der Waals surface area contributed by atoms with Gasteiger partial charge in [0.15, 0.2) is 11.6 Å². The summed E-state index contributed by atoms with van der Waals surface area (Å²) in [5, 5.41) is 4.08. The Morgan fingerprint density at radius 3 is 2.70 bits per heavy atom. The van der Waals surface area contributed by atoms with Crippen molar-refractivity contribution >= 4 is 11.3 Å². The van der Waals surface area contributed by atoms with Gasteiger partial charge < -0.3 is 5.32 Å². The van der Waals surface area contributed by atoms with Crippen LogP contribution in [0.2, 0.25) is 0 Å². The first-order chi connectivity index (χ1) is 9.69. The van der Waals surface area contributed by atoms with Crippen LogP contribution in [0.1, 0.15) is 40.0 Å². The average molecular weight is 294 g/mol. The molecule has 106 valence electrons. The van der Waals surface area contributed by atoms with Crippen molar-refractivity contribution in [2.45, 2.75) is 31.7 Å². The number of thiazole rings is 1. The third-order valence-corrected chi connectivity index (χ3v) is 4.90. The Hall–Kier alpha value is -1.33. The van der Waals surface area contributed by atoms with Crippen LogP contribution in [-0.2, 0) is 12.8 Å². The number of aromatic nitrogens is 1. The SMILES string of the molecule is CNC(c1ccc(F)c(F)c1)c1nc2c(s1)CCCC2. The highest BCUT2D eigenvalue weighted by Crippen LogP contribution is 2.32. The summed E-state index contributed by atoms with van der Waals surface area (Å²) >= 11 is 1.68. The highest BCUT2D eigenvalue weighted by Gasteiger charge is 2.22. The number of nitrogens with one attached hydrogen (secondary N) is 1. The molecule has 2 nitrogen and oxygen atoms in total. The summed E-state index contributed by atoms with van der Waals surface area (Å²) < 4.78 is 26.4. The Morgan fingerprint density at radius 2 is 2.00 bits per heavy atom. The fraction of sp³-hybridized carbons (Fsp3) is 0.400. The summed E-state index contributed by atoms with van der Waals surface area (Å²) in [5.74, 6) is -1.63. The summed E-state index contributed by atoms with van der Waals surface area (Å²) in [6.45, 7) is 0. The number of fused-ring (bicyclic) bond motifs is 1. The lowest BCUT2D eigenvalue weighted by molar-refractivity contribution is 0.505. The van der Waals surface area contributed by atoms with Gasteiger partial charge in [0, 0.05) is 4.88 Å². The molecule has 0 fully saturated rings. The molecule has 3 rings (SSSR count). The van der Waals surface area contributed by atoms with Crippen LogP contribution in [0.4, 0.5) is 8.78 Å². The van der Waals surface area contributed by atoms with Crippen molar-refractivity contribution in [1.82, 2.24) is 10.3 Å². The summed E-state index contributed by atoms with van der Waals surface area (Å²) in [4.78, 5) is 6.03. The minimum absolute atomic E-state index is 0.180. The van der Waals surface area contributed by atoms with Gasteiger partial charge in [-0.25, -0.2) is 13.8 Å². The minimum atomic E-state index is -0.818. The molecular formula is C15H16F2N2S. The third-order valence-electron chi connectivity index (χ3n) is 3.67. The maximum atomic E-state index is 13.4. The highest BCUT2D eigenvalue weighted by atomic mass is 32.1. The first kappa shape index (κ1) is 13.6. The predicted octanol–water partition coefficient (Wildman–Crippen LogP) is 3.61. The second-order valence-electron chi connectivity index (χ2n) is 5.02. The normalized spacial score (nSPS) is 15.9. The van der Waals surface area contributed by atoms with Crippen LogP contribution in [0.3, 0.4) is 0 Å². The number of rotatable bonds is 3. The molecule has 0 radical (unpaired) electrons. The fourth-order valence-electron chi connectivity index (χ4n) is 2.62. The molecule has 1 aromatic carbocycles. The van der Waals surface area contributed by atoms with Crippen LogP contribution in [-0.4, -0.2) is 12.0 Å². The van der Waals surface area contributed by atoms with Crippen LogP contribution in [0, 0.1) is 11.6 Å². The van der Waals surface area contributed by atoms with Crippen molar-refractivity contribution in [3.63, 3.8) is 0 Å². The molecule has 1 aliphatic rings. The summed E-state index contributed by atoms with van der Waals surface area (Å²) in [5.41, 5.74) is 1.89. The van der Waals surface area contributed by atoms with Crippen LogP contribution in [0.25, 0.3) is 0 Å². The summed E-state index contributed by atoms with van der Waals surface area (Å²) in [6.07, 6.45) is 4.51. The van der Waals surface area contributed by atoms with E-state index in [1.807, 2.05) is 7.05 Å². The Kier molecular flexibility index (Phi) is 3.81. The van der Waals surface area contributed by atoms with Crippen molar-refractivity contribution < 1.29 is 8.78 Å². The number of hydrogen-bond donors (Lipinski definition) is 1. The Labute approximate surface area is 120 Å². The quantitative estimate of drug-likeness (QED) is 0.935. The minimum Gasteiger partial charge on any atom is -0.307 e. The van der Waals surface area contributed by atoms with E-state index >= 15 is 0 Å². The standard InChI is InChI=1S/C15H16F2N2S/c1-18-14(9-6-7-10(16)11(17)8-9)15-19-12-4-2-3-5-13(12)20-15/h6-8,14,18H,2-5H2,1H3. The molecule has 1 aromatic heterocycles. The number of aryl methyl sites for hydroxylation is 2. The Balaban J connectivity index is 1.96. The maximum absolute atomic E-state index is 13.4. The van der Waals surface area contributed by atoms with Gasteiger partial charge in [0.2, 0.25) is 0 Å². The number of halogens is 2. The highest BCUT2D eigenvalue weighted by molar-refractivity contribution is 7.11. The van der Waals surface area contributed by atoms with Crippen molar-refractivity contribution in [3.05, 3.63) is 51.0 Å². The first-order valence-electron chi connectivity index (χ1n) is 6.79. The number of nitrogens with zero attached hydrogens (tertiary/aromatic N) is 1. The van der Waals surface area contributed by atoms with Crippen LogP contribution in [0.5, 0.6) is 0 Å². The molecule has 20 heavy (non-hydrogen) atoms. The van der Waals surface area contributed by atoms with Crippen molar-refractivity contribution in [2.75, 3.05) is 7.05 Å². The number of hydrogen-bond acceptors (Lipinski definition) is 3. The van der Waals surface area contributed by atoms with E-state index in [9.17, 15) is 8.78 Å². The maximum Gasteiger partial charge on any atom is 0.159 e. The van der Waals surface area contributed by atoms with Gasteiger partial charge in [-0.3, -0.25) is 0 Å². The van der Waals surface area contributed by atoms with Gasteiger partial charge in [0.1, 0.15) is 5.01 Å². The molecule has 2 aromatic rings. The van der Waals surface area contributed by atoms with E-state index in [0.717, 1.165) is 17.8 Å². The van der Waals surface area contributed by atoms with Gasteiger partial charge in [-0.2, -0.15) is 0 Å². The smallest absolute Gasteiger partial charge is 0.159 e. The molecule has 0 saturated heterocycles. The molecule has 0 bridgehead atoms. The van der Waals surface area contributed by atoms with E-state index in [0.29, 0.717) is 5.56 Å². The predicted molar refractivity (Wildman–Crippen MR) is 76.0 cm³/mol. The monoisotopic (exact) mass is 294 g/mol. The van der Waals surface area contributed by atoms with Crippen molar-refractivity contribution in [1.29, 1.82) is 0 Å².